The van der Waals surface area contributed by atoms with Gasteiger partial charge in [0.25, 0.3) is 0 Å². The van der Waals surface area contributed by atoms with Crippen molar-refractivity contribution >= 4 is 71.2 Å². The molecule has 0 saturated carbocycles. The van der Waals surface area contributed by atoms with Gasteiger partial charge in [-0.2, -0.15) is 0 Å². The van der Waals surface area contributed by atoms with Crippen LogP contribution in [0.4, 0.5) is 17.1 Å². The van der Waals surface area contributed by atoms with Gasteiger partial charge in [-0.05, 0) is 114 Å². The normalized spacial score (nSPS) is 12.8. The lowest BCUT2D eigenvalue weighted by molar-refractivity contribution is 0.569. The van der Waals surface area contributed by atoms with Crippen LogP contribution in [0.25, 0.3) is 70.9 Å². The Morgan fingerprint density at radius 3 is 1.38 bits per heavy atom. The highest BCUT2D eigenvalue weighted by Gasteiger charge is 2.26. The summed E-state index contributed by atoms with van der Waals surface area (Å²) in [5.74, 6) is 0. The lowest BCUT2D eigenvalue weighted by Crippen LogP contribution is -2.19. The molecule has 296 valence electrons. The van der Waals surface area contributed by atoms with Gasteiger partial charge in [0.15, 0.2) is 0 Å². The van der Waals surface area contributed by atoms with E-state index in [1.807, 2.05) is 0 Å². The van der Waals surface area contributed by atoms with Crippen molar-refractivity contribution < 1.29 is 0 Å². The first-order valence-electron chi connectivity index (χ1n) is 21.5. The van der Waals surface area contributed by atoms with Gasteiger partial charge in [0.1, 0.15) is 0 Å². The number of aromatic nitrogens is 1. The van der Waals surface area contributed by atoms with Gasteiger partial charge >= 0.3 is 0 Å². The summed E-state index contributed by atoms with van der Waals surface area (Å²) in [6.07, 6.45) is 0. The number of fused-ring (bicyclic) bond motifs is 3. The van der Waals surface area contributed by atoms with Crippen LogP contribution in [0.2, 0.25) is 0 Å². The molecule has 0 N–H and O–H groups in total. The maximum absolute atomic E-state index is 2.51. The van der Waals surface area contributed by atoms with E-state index in [0.29, 0.717) is 0 Å². The molecular formula is C58H54N2. The maximum Gasteiger partial charge on any atom is 0.0541 e. The van der Waals surface area contributed by atoms with Gasteiger partial charge in [-0.1, -0.05) is 178 Å². The Kier molecular flexibility index (Phi) is 8.57. The van der Waals surface area contributed by atoms with E-state index in [-0.39, 0.29) is 16.2 Å². The largest absolute Gasteiger partial charge is 0.310 e. The molecule has 0 atom stereocenters. The van der Waals surface area contributed by atoms with Crippen molar-refractivity contribution in [3.05, 3.63) is 180 Å². The fourth-order valence-corrected chi connectivity index (χ4v) is 9.34. The van der Waals surface area contributed by atoms with E-state index in [1.54, 1.807) is 0 Å². The van der Waals surface area contributed by atoms with Crippen molar-refractivity contribution in [1.29, 1.82) is 0 Å². The summed E-state index contributed by atoms with van der Waals surface area (Å²) in [7, 11) is 0. The van der Waals surface area contributed by atoms with Crippen LogP contribution in [0.1, 0.15) is 79.0 Å². The molecule has 0 unspecified atom stereocenters. The van der Waals surface area contributed by atoms with Gasteiger partial charge in [-0.25, -0.2) is 0 Å². The van der Waals surface area contributed by atoms with E-state index in [4.69, 9.17) is 0 Å². The topological polar surface area (TPSA) is 8.17 Å². The average Bonchev–Trinajstić information content (AvgIpc) is 3.56. The molecule has 0 aliphatic rings. The zero-order valence-electron chi connectivity index (χ0n) is 36.5. The third-order valence-corrected chi connectivity index (χ3v) is 12.8. The molecule has 1 aromatic heterocycles. The summed E-state index contributed by atoms with van der Waals surface area (Å²) < 4.78 is 2.47. The zero-order chi connectivity index (χ0) is 41.7. The molecule has 10 rings (SSSR count). The van der Waals surface area contributed by atoms with Gasteiger partial charge in [0, 0.05) is 32.9 Å². The van der Waals surface area contributed by atoms with Crippen molar-refractivity contribution in [3.63, 3.8) is 0 Å². The number of benzene rings is 9. The molecule has 0 fully saturated rings. The number of hydrogen-bond donors (Lipinski definition) is 0. The Labute approximate surface area is 355 Å². The summed E-state index contributed by atoms with van der Waals surface area (Å²) in [6, 6.07) is 61.9. The molecule has 1 heterocycles. The highest BCUT2D eigenvalue weighted by Crippen LogP contribution is 2.47. The molecule has 10 aromatic rings. The predicted molar refractivity (Wildman–Crippen MR) is 261 cm³/mol. The summed E-state index contributed by atoms with van der Waals surface area (Å²) in [5, 5.41) is 10.2. The van der Waals surface area contributed by atoms with Gasteiger partial charge in [-0.15, -0.1) is 0 Å². The molecule has 9 aromatic carbocycles. The average molecular weight is 779 g/mol. The Bertz CT molecular complexity index is 3140. The van der Waals surface area contributed by atoms with Crippen LogP contribution in [0.3, 0.4) is 0 Å². The highest BCUT2D eigenvalue weighted by molar-refractivity contribution is 6.27. The van der Waals surface area contributed by atoms with Crippen LogP contribution < -0.4 is 4.90 Å². The van der Waals surface area contributed by atoms with Crippen LogP contribution in [0.5, 0.6) is 0 Å². The van der Waals surface area contributed by atoms with Gasteiger partial charge < -0.3 is 9.47 Å². The lowest BCUT2D eigenvalue weighted by atomic mass is 9.80. The minimum absolute atomic E-state index is 0.0311. The number of hydrogen-bond acceptors (Lipinski definition) is 1. The molecule has 2 heteroatoms. The first kappa shape index (κ1) is 37.9. The third-order valence-electron chi connectivity index (χ3n) is 12.8. The molecule has 0 aliphatic heterocycles. The van der Waals surface area contributed by atoms with Gasteiger partial charge in [0.2, 0.25) is 0 Å². The van der Waals surface area contributed by atoms with Crippen LogP contribution in [0, 0.1) is 0 Å². The fraction of sp³-hybridized carbons (Fsp3) is 0.207. The SMILES string of the molecule is CC(C)(C)c1ccc(-c2ccc(N(c3cc(C(C)(C)C)cc(C(C)(C)C)c3)c3ccc4ccc5c(-n6c7ccccc7c7ccccc76)ccc6ccc3c4c65)cc2)cc1. The zero-order valence-corrected chi connectivity index (χ0v) is 36.5. The van der Waals surface area contributed by atoms with Crippen molar-refractivity contribution in [2.24, 2.45) is 0 Å². The van der Waals surface area contributed by atoms with Gasteiger partial charge in [0.05, 0.1) is 22.4 Å². The van der Waals surface area contributed by atoms with E-state index in [0.717, 1.165) is 5.69 Å². The number of rotatable bonds is 5. The van der Waals surface area contributed by atoms with Crippen molar-refractivity contribution in [3.8, 4) is 16.8 Å². The second-order valence-corrected chi connectivity index (χ2v) is 19.9. The van der Waals surface area contributed by atoms with E-state index < -0.39 is 0 Å². The Hall–Kier alpha value is -6.38. The lowest BCUT2D eigenvalue weighted by Gasteiger charge is -2.32. The second-order valence-electron chi connectivity index (χ2n) is 19.9. The first-order valence-corrected chi connectivity index (χ1v) is 21.5. The Morgan fingerprint density at radius 1 is 0.367 bits per heavy atom. The van der Waals surface area contributed by atoms with E-state index in [1.165, 1.54) is 99.0 Å². The number of nitrogens with zero attached hydrogens (tertiary/aromatic N) is 2. The standard InChI is InChI=1S/C58H54N2/c1-56(2,3)41-26-18-37(19-27-41)38-20-28-44(29-21-38)59(45-35-42(57(4,5)6)34-43(36-45)58(7,8)9)52-32-24-39-23-31-49-53(33-25-40-22-30-48(52)54(39)55(40)49)60-50-16-12-10-14-46(50)47-15-11-13-17-51(47)60/h10-36H,1-9H3. The monoisotopic (exact) mass is 778 g/mol. The summed E-state index contributed by atoms with van der Waals surface area (Å²) >= 11 is 0. The number of para-hydroxylation sites is 2. The molecular weight excluding hydrogens is 725 g/mol. The predicted octanol–water partition coefficient (Wildman–Crippen LogP) is 16.7. The van der Waals surface area contributed by atoms with Crippen LogP contribution in [-0.4, -0.2) is 4.57 Å². The fourth-order valence-electron chi connectivity index (χ4n) is 9.34. The smallest absolute Gasteiger partial charge is 0.0541 e. The molecule has 60 heavy (non-hydrogen) atoms. The second kappa shape index (κ2) is 13.6. The van der Waals surface area contributed by atoms with Crippen molar-refractivity contribution in [2.45, 2.75) is 78.6 Å². The van der Waals surface area contributed by atoms with Crippen molar-refractivity contribution in [2.75, 3.05) is 4.90 Å². The molecule has 0 radical (unpaired) electrons. The minimum Gasteiger partial charge on any atom is -0.310 e. The van der Waals surface area contributed by atoms with Crippen LogP contribution in [0.15, 0.2) is 164 Å². The molecule has 0 amide bonds. The van der Waals surface area contributed by atoms with E-state index >= 15 is 0 Å². The molecule has 2 nitrogen and oxygen atoms in total. The van der Waals surface area contributed by atoms with Crippen LogP contribution >= 0.6 is 0 Å². The third kappa shape index (κ3) is 6.24. The molecule has 0 bridgehead atoms. The van der Waals surface area contributed by atoms with Crippen LogP contribution in [-0.2, 0) is 16.2 Å². The summed E-state index contributed by atoms with van der Waals surface area (Å²) in [4.78, 5) is 2.51. The van der Waals surface area contributed by atoms with Gasteiger partial charge in [-0.3, -0.25) is 0 Å². The minimum atomic E-state index is -0.0311. The summed E-state index contributed by atoms with van der Waals surface area (Å²) in [5.41, 5.74) is 13.6. The van der Waals surface area contributed by atoms with E-state index in [2.05, 4.69) is 236 Å². The van der Waals surface area contributed by atoms with E-state index in [9.17, 15) is 0 Å². The summed E-state index contributed by atoms with van der Waals surface area (Å²) in [6.45, 7) is 20.8. The molecule has 0 spiro atoms. The molecule has 0 saturated heterocycles. The Balaban J connectivity index is 1.22. The first-order chi connectivity index (χ1) is 28.6. The maximum atomic E-state index is 2.51. The van der Waals surface area contributed by atoms with Crippen molar-refractivity contribution in [1.82, 2.24) is 4.57 Å². The quantitative estimate of drug-likeness (QED) is 0.158. The molecule has 0 aliphatic carbocycles. The highest BCUT2D eigenvalue weighted by atomic mass is 15.1. The Morgan fingerprint density at radius 2 is 0.833 bits per heavy atom. The number of anilines is 3.